The number of nitrogens with zero attached hydrogens (tertiary/aromatic N) is 3. The van der Waals surface area contributed by atoms with E-state index < -0.39 is 11.7 Å². The Morgan fingerprint density at radius 1 is 1.00 bits per heavy atom. The number of nitrogens with one attached hydrogen (secondary N) is 1. The maximum absolute atomic E-state index is 13.0. The minimum atomic E-state index is -4.54. The van der Waals surface area contributed by atoms with Gasteiger partial charge in [0.05, 0.1) is 10.6 Å². The third-order valence-electron chi connectivity index (χ3n) is 4.75. The lowest BCUT2D eigenvalue weighted by Crippen LogP contribution is -2.26. The summed E-state index contributed by atoms with van der Waals surface area (Å²) >= 11 is 5.91. The summed E-state index contributed by atoms with van der Waals surface area (Å²) in [6.45, 7) is 0.175. The van der Waals surface area contributed by atoms with Gasteiger partial charge in [0.25, 0.3) is 5.91 Å². The SMILES string of the molecule is O=C(NCCc1nnc2c(Cl)cc(C(F)(F)F)cn12)c1ccc(-c2ccccc2)cc1. The van der Waals surface area contributed by atoms with Crippen molar-refractivity contribution in [3.63, 3.8) is 0 Å². The lowest BCUT2D eigenvalue weighted by atomic mass is 10.0. The van der Waals surface area contributed by atoms with Gasteiger partial charge in [-0.1, -0.05) is 54.1 Å². The van der Waals surface area contributed by atoms with Crippen molar-refractivity contribution in [2.75, 3.05) is 6.54 Å². The molecule has 2 aromatic heterocycles. The van der Waals surface area contributed by atoms with Gasteiger partial charge in [-0.3, -0.25) is 9.20 Å². The Kier molecular flexibility index (Phi) is 5.65. The van der Waals surface area contributed by atoms with Crippen molar-refractivity contribution in [2.45, 2.75) is 12.6 Å². The van der Waals surface area contributed by atoms with Gasteiger partial charge >= 0.3 is 6.18 Å². The van der Waals surface area contributed by atoms with Crippen molar-refractivity contribution >= 4 is 23.2 Å². The lowest BCUT2D eigenvalue weighted by Gasteiger charge is -2.09. The van der Waals surface area contributed by atoms with Gasteiger partial charge < -0.3 is 5.32 Å². The van der Waals surface area contributed by atoms with Crippen molar-refractivity contribution in [2.24, 2.45) is 0 Å². The molecule has 1 N–H and O–H groups in total. The molecule has 0 unspecified atom stereocenters. The average Bonchev–Trinajstić information content (AvgIpc) is 3.17. The number of fused-ring (bicyclic) bond motifs is 1. The Bertz CT molecular complexity index is 1220. The van der Waals surface area contributed by atoms with Crippen LogP contribution in [0.4, 0.5) is 13.2 Å². The molecule has 4 aromatic rings. The molecule has 0 aliphatic carbocycles. The van der Waals surface area contributed by atoms with Gasteiger partial charge in [0.2, 0.25) is 0 Å². The summed E-state index contributed by atoms with van der Waals surface area (Å²) in [5.74, 6) is -0.0230. The van der Waals surface area contributed by atoms with Crippen LogP contribution in [0, 0.1) is 0 Å². The van der Waals surface area contributed by atoms with Crippen LogP contribution in [-0.2, 0) is 12.6 Å². The highest BCUT2D eigenvalue weighted by Gasteiger charge is 2.32. The van der Waals surface area contributed by atoms with Crippen LogP contribution >= 0.6 is 11.6 Å². The van der Waals surface area contributed by atoms with Crippen molar-refractivity contribution in [3.05, 3.63) is 88.8 Å². The molecule has 0 radical (unpaired) electrons. The molecule has 31 heavy (non-hydrogen) atoms. The fraction of sp³-hybridized carbons (Fsp3) is 0.136. The molecule has 2 aromatic carbocycles. The molecule has 4 rings (SSSR count). The van der Waals surface area contributed by atoms with Gasteiger partial charge in [-0.2, -0.15) is 13.2 Å². The van der Waals surface area contributed by atoms with Crippen molar-refractivity contribution < 1.29 is 18.0 Å². The monoisotopic (exact) mass is 444 g/mol. The quantitative estimate of drug-likeness (QED) is 0.469. The summed E-state index contributed by atoms with van der Waals surface area (Å²) in [6.07, 6.45) is -3.45. The number of amides is 1. The molecule has 0 spiro atoms. The van der Waals surface area contributed by atoms with Crippen LogP contribution in [0.25, 0.3) is 16.8 Å². The lowest BCUT2D eigenvalue weighted by molar-refractivity contribution is -0.137. The van der Waals surface area contributed by atoms with E-state index in [2.05, 4.69) is 15.5 Å². The van der Waals surface area contributed by atoms with E-state index in [1.165, 1.54) is 4.40 Å². The normalized spacial score (nSPS) is 11.6. The van der Waals surface area contributed by atoms with E-state index in [0.717, 1.165) is 23.4 Å². The first kappa shape index (κ1) is 20.9. The van der Waals surface area contributed by atoms with Crippen LogP contribution < -0.4 is 5.32 Å². The largest absolute Gasteiger partial charge is 0.417 e. The first-order valence-corrected chi connectivity index (χ1v) is 9.75. The molecular weight excluding hydrogens is 429 g/mol. The molecule has 1 amide bonds. The van der Waals surface area contributed by atoms with Gasteiger partial charge in [-0.15, -0.1) is 10.2 Å². The van der Waals surface area contributed by atoms with Crippen molar-refractivity contribution in [1.29, 1.82) is 0 Å². The second-order valence-electron chi connectivity index (χ2n) is 6.83. The minimum Gasteiger partial charge on any atom is -0.352 e. The number of rotatable bonds is 5. The van der Waals surface area contributed by atoms with Gasteiger partial charge in [0.1, 0.15) is 5.82 Å². The summed E-state index contributed by atoms with van der Waals surface area (Å²) < 4.78 is 40.3. The summed E-state index contributed by atoms with van der Waals surface area (Å²) in [6, 6.07) is 17.7. The fourth-order valence-corrected chi connectivity index (χ4v) is 3.41. The zero-order valence-electron chi connectivity index (χ0n) is 16.0. The third-order valence-corrected chi connectivity index (χ3v) is 5.02. The highest BCUT2D eigenvalue weighted by atomic mass is 35.5. The van der Waals surface area contributed by atoms with E-state index in [4.69, 9.17) is 11.6 Å². The topological polar surface area (TPSA) is 59.3 Å². The number of carbonyl (C=O) groups excluding carboxylic acids is 1. The van der Waals surface area contributed by atoms with Crippen LogP contribution in [0.3, 0.4) is 0 Å². The van der Waals surface area contributed by atoms with Crippen LogP contribution in [0.1, 0.15) is 21.7 Å². The summed E-state index contributed by atoms with van der Waals surface area (Å²) in [5, 5.41) is 10.3. The molecule has 0 saturated heterocycles. The van der Waals surface area contributed by atoms with E-state index in [1.54, 1.807) is 12.1 Å². The van der Waals surface area contributed by atoms with Crippen LogP contribution in [0.5, 0.6) is 0 Å². The Morgan fingerprint density at radius 3 is 2.35 bits per heavy atom. The number of alkyl halides is 3. The highest BCUT2D eigenvalue weighted by Crippen LogP contribution is 2.32. The number of hydrogen-bond acceptors (Lipinski definition) is 3. The fourth-order valence-electron chi connectivity index (χ4n) is 3.16. The molecule has 0 aliphatic heterocycles. The minimum absolute atomic E-state index is 0.132. The maximum atomic E-state index is 13.0. The van der Waals surface area contributed by atoms with E-state index in [0.29, 0.717) is 5.56 Å². The molecule has 2 heterocycles. The van der Waals surface area contributed by atoms with Crippen molar-refractivity contribution in [3.8, 4) is 11.1 Å². The number of aromatic nitrogens is 3. The molecule has 158 valence electrons. The number of hydrogen-bond donors (Lipinski definition) is 1. The van der Waals surface area contributed by atoms with Crippen LogP contribution in [0.15, 0.2) is 66.9 Å². The second-order valence-corrected chi connectivity index (χ2v) is 7.24. The molecule has 9 heteroatoms. The number of halogens is 4. The molecule has 0 fully saturated rings. The molecule has 0 bridgehead atoms. The first-order chi connectivity index (χ1) is 14.8. The standard InChI is InChI=1S/C22H16ClF3N4O/c23-18-12-17(22(24,25)26)13-30-19(28-29-20(18)30)10-11-27-21(31)16-8-6-15(7-9-16)14-4-2-1-3-5-14/h1-9,12-13H,10-11H2,(H,27,31). The van der Waals surface area contributed by atoms with E-state index in [1.807, 2.05) is 42.5 Å². The van der Waals surface area contributed by atoms with Gasteiger partial charge in [0, 0.05) is 24.7 Å². The zero-order chi connectivity index (χ0) is 22.0. The molecule has 0 atom stereocenters. The Labute approximate surface area is 180 Å². The second kappa shape index (κ2) is 8.39. The van der Waals surface area contributed by atoms with Crippen molar-refractivity contribution in [1.82, 2.24) is 19.9 Å². The smallest absolute Gasteiger partial charge is 0.352 e. The average molecular weight is 445 g/mol. The number of carbonyl (C=O) groups is 1. The molecule has 5 nitrogen and oxygen atoms in total. The summed E-state index contributed by atoms with van der Waals surface area (Å²) in [7, 11) is 0. The summed E-state index contributed by atoms with van der Waals surface area (Å²) in [5.41, 5.74) is 1.75. The molecular formula is C22H16ClF3N4O. The summed E-state index contributed by atoms with van der Waals surface area (Å²) in [4.78, 5) is 12.4. The van der Waals surface area contributed by atoms with E-state index in [-0.39, 0.29) is 35.4 Å². The van der Waals surface area contributed by atoms with Crippen LogP contribution in [0.2, 0.25) is 5.02 Å². The molecule has 0 aliphatic rings. The van der Waals surface area contributed by atoms with E-state index in [9.17, 15) is 18.0 Å². The Hall–Kier alpha value is -3.39. The van der Waals surface area contributed by atoms with Gasteiger partial charge in [-0.25, -0.2) is 0 Å². The predicted molar refractivity (Wildman–Crippen MR) is 111 cm³/mol. The zero-order valence-corrected chi connectivity index (χ0v) is 16.8. The highest BCUT2D eigenvalue weighted by molar-refractivity contribution is 6.33. The first-order valence-electron chi connectivity index (χ1n) is 9.37. The predicted octanol–water partition coefficient (Wildman–Crippen LogP) is 5.04. The Morgan fingerprint density at radius 2 is 1.68 bits per heavy atom. The Balaban J connectivity index is 1.43. The molecule has 0 saturated carbocycles. The maximum Gasteiger partial charge on any atom is 0.417 e. The van der Waals surface area contributed by atoms with E-state index >= 15 is 0 Å². The van der Waals surface area contributed by atoms with Gasteiger partial charge in [0.15, 0.2) is 5.65 Å². The third kappa shape index (κ3) is 4.54. The number of benzene rings is 2. The van der Waals surface area contributed by atoms with Crippen LogP contribution in [-0.4, -0.2) is 27.0 Å². The van der Waals surface area contributed by atoms with Gasteiger partial charge in [-0.05, 0) is 29.3 Å². The number of pyridine rings is 1.